The first-order chi connectivity index (χ1) is 19.2. The number of unbranched alkanes of at least 4 members (excludes halogenated alkanes) is 1. The van der Waals surface area contributed by atoms with E-state index in [-0.39, 0.29) is 19.5 Å². The number of likely N-dealkylation sites (tertiary alicyclic amines) is 2. The zero-order valence-electron chi connectivity index (χ0n) is 23.0. The summed E-state index contributed by atoms with van der Waals surface area (Å²) in [6.45, 7) is 0.0108. The van der Waals surface area contributed by atoms with Gasteiger partial charge in [-0.25, -0.2) is 0 Å². The zero-order valence-corrected chi connectivity index (χ0v) is 23.0. The summed E-state index contributed by atoms with van der Waals surface area (Å²) in [6.07, 6.45) is 2.88. The minimum atomic E-state index is -1.81. The number of esters is 2. The fraction of sp³-hybridized carbons (Fsp3) is 0.536. The van der Waals surface area contributed by atoms with Crippen LogP contribution in [0.4, 0.5) is 0 Å². The van der Waals surface area contributed by atoms with Crippen LogP contribution in [0.15, 0.2) is 48.8 Å². The number of carbonyl (C=O) groups is 3. The van der Waals surface area contributed by atoms with Gasteiger partial charge in [-0.3, -0.25) is 34.2 Å². The van der Waals surface area contributed by atoms with Crippen molar-refractivity contribution >= 4 is 17.9 Å². The SMILES string of the molecule is COC(=O)C12CN(C(CCCCN)C(=O)O)CC(C(=O)OC)(C1O)[C@@H](c1ccccn1)N(C)[C@H]2c1ccccn1. The number of aliphatic hydroxyl groups is 1. The zero-order chi connectivity index (χ0) is 29.1. The van der Waals surface area contributed by atoms with Crippen molar-refractivity contribution in [3.05, 3.63) is 60.2 Å². The molecule has 0 spiro atoms. The van der Waals surface area contributed by atoms with Crippen LogP contribution in [0.3, 0.4) is 0 Å². The second kappa shape index (κ2) is 12.0. The molecule has 4 unspecified atom stereocenters. The molecular formula is C28H37N5O7. The lowest BCUT2D eigenvalue weighted by Crippen LogP contribution is -2.78. The largest absolute Gasteiger partial charge is 0.480 e. The van der Waals surface area contributed by atoms with Crippen molar-refractivity contribution in [1.82, 2.24) is 19.8 Å². The molecule has 0 radical (unpaired) electrons. The molecule has 2 fully saturated rings. The van der Waals surface area contributed by atoms with E-state index in [1.807, 2.05) is 4.90 Å². The molecule has 12 nitrogen and oxygen atoms in total. The summed E-state index contributed by atoms with van der Waals surface area (Å²) >= 11 is 0. The topological polar surface area (TPSA) is 168 Å². The van der Waals surface area contributed by atoms with Gasteiger partial charge in [0.1, 0.15) is 16.9 Å². The number of aliphatic hydroxyl groups excluding tert-OH is 1. The van der Waals surface area contributed by atoms with Crippen LogP contribution >= 0.6 is 0 Å². The lowest BCUT2D eigenvalue weighted by atomic mass is 9.53. The number of aliphatic carboxylic acids is 1. The smallest absolute Gasteiger partial charge is 0.320 e. The summed E-state index contributed by atoms with van der Waals surface area (Å²) in [5.74, 6) is -2.68. The Morgan fingerprint density at radius 3 is 1.85 bits per heavy atom. The number of carboxylic acids is 1. The van der Waals surface area contributed by atoms with E-state index < -0.39 is 53.0 Å². The van der Waals surface area contributed by atoms with Crippen molar-refractivity contribution in [2.45, 2.75) is 43.5 Å². The normalized spacial score (nSPS) is 29.4. The number of carboxylic acid groups (broad SMARTS) is 1. The van der Waals surface area contributed by atoms with Crippen LogP contribution in [0.5, 0.6) is 0 Å². The minimum Gasteiger partial charge on any atom is -0.480 e. The Morgan fingerprint density at radius 1 is 0.975 bits per heavy atom. The summed E-state index contributed by atoms with van der Waals surface area (Å²) in [7, 11) is 4.16. The number of hydrogen-bond acceptors (Lipinski definition) is 11. The molecule has 2 bridgehead atoms. The molecule has 4 rings (SSSR count). The second-order valence-electron chi connectivity index (χ2n) is 10.5. The summed E-state index contributed by atoms with van der Waals surface area (Å²) in [5, 5.41) is 22.7. The highest BCUT2D eigenvalue weighted by Gasteiger charge is 2.75. The van der Waals surface area contributed by atoms with Gasteiger partial charge in [0.2, 0.25) is 0 Å². The third-order valence-corrected chi connectivity index (χ3v) is 8.42. The van der Waals surface area contributed by atoms with Crippen LogP contribution in [0.1, 0.15) is 42.7 Å². The van der Waals surface area contributed by atoms with Gasteiger partial charge in [-0.2, -0.15) is 0 Å². The van der Waals surface area contributed by atoms with E-state index in [0.29, 0.717) is 30.8 Å². The van der Waals surface area contributed by atoms with Gasteiger partial charge in [-0.15, -0.1) is 0 Å². The highest BCUT2D eigenvalue weighted by Crippen LogP contribution is 2.62. The van der Waals surface area contributed by atoms with Crippen LogP contribution in [-0.4, -0.2) is 101 Å². The number of nitrogens with two attached hydrogens (primary N) is 1. The Kier molecular flexibility index (Phi) is 8.83. The lowest BCUT2D eigenvalue weighted by Gasteiger charge is -2.64. The van der Waals surface area contributed by atoms with E-state index in [0.717, 1.165) is 0 Å². The van der Waals surface area contributed by atoms with Crippen LogP contribution in [-0.2, 0) is 23.9 Å². The lowest BCUT2D eigenvalue weighted by molar-refractivity contribution is -0.253. The van der Waals surface area contributed by atoms with Gasteiger partial charge in [-0.05, 0) is 50.7 Å². The summed E-state index contributed by atoms with van der Waals surface area (Å²) in [4.78, 5) is 53.0. The molecule has 2 aromatic heterocycles. The second-order valence-corrected chi connectivity index (χ2v) is 10.5. The Bertz CT molecular complexity index is 1120. The molecule has 2 aromatic rings. The van der Waals surface area contributed by atoms with Crippen LogP contribution < -0.4 is 5.73 Å². The fourth-order valence-electron chi connectivity index (χ4n) is 6.85. The highest BCUT2D eigenvalue weighted by molar-refractivity contribution is 5.86. The maximum absolute atomic E-state index is 13.9. The number of hydrogen-bond donors (Lipinski definition) is 3. The number of nitrogens with zero attached hydrogens (tertiary/aromatic N) is 4. The van der Waals surface area contributed by atoms with E-state index in [2.05, 4.69) is 9.97 Å². The van der Waals surface area contributed by atoms with E-state index in [4.69, 9.17) is 15.2 Å². The maximum atomic E-state index is 13.9. The van der Waals surface area contributed by atoms with E-state index in [9.17, 15) is 24.6 Å². The van der Waals surface area contributed by atoms with Crippen molar-refractivity contribution in [2.24, 2.45) is 16.6 Å². The van der Waals surface area contributed by atoms with Crippen LogP contribution in [0, 0.1) is 10.8 Å². The number of carbonyl (C=O) groups excluding carboxylic acids is 2. The standard InChI is InChI=1S/C28H37N5O7/c1-32-21(18-10-5-8-14-30-18)27(25(37)39-2)16-33(20(23(34)35)12-4-7-13-29)17-28(24(27)36,26(38)40-3)22(32)19-11-6-9-15-31-19/h5-6,8-11,14-15,20-22,24,36H,4,7,12-13,16-17,29H2,1-3H3,(H,34,35)/t20?,21-,22+,24?,27?,28?. The summed E-state index contributed by atoms with van der Waals surface area (Å²) < 4.78 is 10.6. The molecule has 216 valence electrons. The molecule has 2 aliphatic rings. The van der Waals surface area contributed by atoms with Crippen molar-refractivity contribution in [3.63, 3.8) is 0 Å². The van der Waals surface area contributed by atoms with Gasteiger partial charge in [0, 0.05) is 25.5 Å². The number of rotatable bonds is 10. The monoisotopic (exact) mass is 555 g/mol. The van der Waals surface area contributed by atoms with E-state index in [1.165, 1.54) is 14.2 Å². The minimum absolute atomic E-state index is 0.195. The average Bonchev–Trinajstić information content (AvgIpc) is 2.96. The van der Waals surface area contributed by atoms with Crippen molar-refractivity contribution < 1.29 is 34.1 Å². The van der Waals surface area contributed by atoms with Crippen LogP contribution in [0.2, 0.25) is 0 Å². The van der Waals surface area contributed by atoms with E-state index in [1.54, 1.807) is 60.7 Å². The van der Waals surface area contributed by atoms with Crippen molar-refractivity contribution in [1.29, 1.82) is 0 Å². The molecule has 2 saturated heterocycles. The highest BCUT2D eigenvalue weighted by atomic mass is 16.5. The first-order valence-electron chi connectivity index (χ1n) is 13.3. The van der Waals surface area contributed by atoms with Gasteiger partial charge in [0.05, 0.1) is 43.8 Å². The molecule has 4 heterocycles. The summed E-state index contributed by atoms with van der Waals surface area (Å²) in [6, 6.07) is 7.55. The molecular weight excluding hydrogens is 518 g/mol. The Balaban J connectivity index is 2.04. The number of ether oxygens (including phenoxy) is 2. The number of pyridine rings is 2. The maximum Gasteiger partial charge on any atom is 0.320 e. The Hall–Kier alpha value is -3.45. The fourth-order valence-corrected chi connectivity index (χ4v) is 6.85. The van der Waals surface area contributed by atoms with Gasteiger partial charge in [-0.1, -0.05) is 18.6 Å². The number of methoxy groups -OCH3 is 2. The molecule has 0 aromatic carbocycles. The van der Waals surface area contributed by atoms with Gasteiger partial charge in [0.15, 0.2) is 0 Å². The number of fused-ring (bicyclic) bond motifs is 2. The first kappa shape index (κ1) is 29.5. The van der Waals surface area contributed by atoms with Crippen molar-refractivity contribution in [2.75, 3.05) is 40.9 Å². The Morgan fingerprint density at radius 2 is 1.48 bits per heavy atom. The molecule has 12 heteroatoms. The van der Waals surface area contributed by atoms with Gasteiger partial charge >= 0.3 is 17.9 Å². The molecule has 6 atom stereocenters. The Labute approximate surface area is 233 Å². The third-order valence-electron chi connectivity index (χ3n) is 8.42. The predicted octanol–water partition coefficient (Wildman–Crippen LogP) is 0.782. The molecule has 0 aliphatic carbocycles. The van der Waals surface area contributed by atoms with Crippen LogP contribution in [0.25, 0.3) is 0 Å². The molecule has 40 heavy (non-hydrogen) atoms. The average molecular weight is 556 g/mol. The molecule has 2 aliphatic heterocycles. The first-order valence-corrected chi connectivity index (χ1v) is 13.3. The number of aromatic nitrogens is 2. The third kappa shape index (κ3) is 4.64. The summed E-state index contributed by atoms with van der Waals surface area (Å²) in [5.41, 5.74) is 2.95. The molecule has 0 amide bonds. The number of piperidine rings is 2. The quantitative estimate of drug-likeness (QED) is 0.279. The van der Waals surface area contributed by atoms with E-state index >= 15 is 0 Å². The molecule has 4 N–H and O–H groups in total. The van der Waals surface area contributed by atoms with Crippen molar-refractivity contribution in [3.8, 4) is 0 Å². The van der Waals surface area contributed by atoms with Gasteiger partial charge in [0.25, 0.3) is 0 Å². The predicted molar refractivity (Wildman–Crippen MR) is 143 cm³/mol. The van der Waals surface area contributed by atoms with Gasteiger partial charge < -0.3 is 25.4 Å². The molecule has 0 saturated carbocycles.